The molecule has 2 aromatic rings. The third-order valence-electron chi connectivity index (χ3n) is 3.89. The second-order valence-electron chi connectivity index (χ2n) is 5.61. The molecule has 1 aliphatic rings. The zero-order valence-electron chi connectivity index (χ0n) is 14.1. The number of hydrogen-bond acceptors (Lipinski definition) is 5. The average molecular weight is 337 g/mol. The molecule has 0 saturated heterocycles. The van der Waals surface area contributed by atoms with Crippen molar-refractivity contribution in [2.75, 3.05) is 11.9 Å². The molecule has 0 radical (unpaired) electrons. The van der Waals surface area contributed by atoms with E-state index in [1.165, 1.54) is 6.92 Å². The number of Topliss-reactive ketones (excluding diaryl/α,β-unsaturated/α-hetero) is 2. The fraction of sp³-hybridized carbons (Fsp3) is 0.200. The topological polar surface area (TPSA) is 64.6 Å². The average Bonchev–Trinajstić information content (AvgIpc) is 2.62. The minimum absolute atomic E-state index is 0.00813. The minimum Gasteiger partial charge on any atom is -0.460 e. The van der Waals surface area contributed by atoms with Crippen molar-refractivity contribution in [3.05, 3.63) is 71.4 Å². The molecular weight excluding hydrogens is 318 g/mol. The summed E-state index contributed by atoms with van der Waals surface area (Å²) in [5, 5.41) is 3.08. The number of para-hydroxylation sites is 1. The zero-order chi connectivity index (χ0) is 17.8. The van der Waals surface area contributed by atoms with Crippen LogP contribution in [0.1, 0.15) is 34.6 Å². The third-order valence-corrected chi connectivity index (χ3v) is 3.89. The van der Waals surface area contributed by atoms with E-state index in [0.717, 1.165) is 5.69 Å². The third kappa shape index (κ3) is 3.61. The lowest BCUT2D eigenvalue weighted by atomic mass is 10.00. The van der Waals surface area contributed by atoms with Crippen LogP contribution in [0.3, 0.4) is 0 Å². The molecule has 0 spiro atoms. The van der Waals surface area contributed by atoms with Crippen LogP contribution in [-0.4, -0.2) is 24.5 Å². The maximum Gasteiger partial charge on any atom is 0.232 e. The van der Waals surface area contributed by atoms with Gasteiger partial charge in [-0.2, -0.15) is 0 Å². The standard InChI is InChI=1S/C20H19NO4/c1-3-24-20-17(19(23)16-6-4-5-7-18(16)25-20)12-21-15-10-8-14(9-11-15)13(2)22/h4-12,20-21H,3H2,1-2H3/b17-12-/t20-/m1/s1. The van der Waals surface area contributed by atoms with Gasteiger partial charge in [0.2, 0.25) is 6.29 Å². The molecular formula is C20H19NO4. The summed E-state index contributed by atoms with van der Waals surface area (Å²) in [5.41, 5.74) is 2.31. The molecule has 1 N–H and O–H groups in total. The minimum atomic E-state index is -0.753. The summed E-state index contributed by atoms with van der Waals surface area (Å²) in [6.07, 6.45) is 0.845. The Morgan fingerprint density at radius 2 is 1.92 bits per heavy atom. The monoisotopic (exact) mass is 337 g/mol. The molecule has 5 heteroatoms. The summed E-state index contributed by atoms with van der Waals surface area (Å²) < 4.78 is 11.4. The van der Waals surface area contributed by atoms with Gasteiger partial charge in [0.05, 0.1) is 11.1 Å². The quantitative estimate of drug-likeness (QED) is 0.664. The number of hydrogen-bond donors (Lipinski definition) is 1. The summed E-state index contributed by atoms with van der Waals surface area (Å²) in [4.78, 5) is 24.1. The first-order valence-corrected chi connectivity index (χ1v) is 8.09. The highest BCUT2D eigenvalue weighted by Gasteiger charge is 2.32. The summed E-state index contributed by atoms with van der Waals surface area (Å²) >= 11 is 0. The number of ketones is 2. The summed E-state index contributed by atoms with van der Waals surface area (Å²) in [6.45, 7) is 3.79. The second-order valence-corrected chi connectivity index (χ2v) is 5.61. The van der Waals surface area contributed by atoms with Crippen LogP contribution in [0.5, 0.6) is 5.75 Å². The van der Waals surface area contributed by atoms with Crippen LogP contribution in [-0.2, 0) is 4.74 Å². The number of ether oxygens (including phenoxy) is 2. The van der Waals surface area contributed by atoms with E-state index in [9.17, 15) is 9.59 Å². The SMILES string of the molecule is CCO[C@@H]1Oc2ccccc2C(=O)/C1=C/Nc1ccc(C(C)=O)cc1. The molecule has 0 aliphatic carbocycles. The van der Waals surface area contributed by atoms with E-state index in [2.05, 4.69) is 5.32 Å². The maximum atomic E-state index is 12.8. The highest BCUT2D eigenvalue weighted by molar-refractivity contribution is 6.12. The van der Waals surface area contributed by atoms with Crippen LogP contribution in [0, 0.1) is 0 Å². The normalized spacial score (nSPS) is 17.8. The van der Waals surface area contributed by atoms with Gasteiger partial charge in [0, 0.05) is 24.1 Å². The molecule has 0 aromatic heterocycles. The molecule has 1 atom stereocenters. The predicted octanol–water partition coefficient (Wildman–Crippen LogP) is 3.82. The van der Waals surface area contributed by atoms with Crippen molar-refractivity contribution in [3.8, 4) is 5.75 Å². The Bertz CT molecular complexity index is 824. The van der Waals surface area contributed by atoms with Crippen LogP contribution in [0.15, 0.2) is 60.3 Å². The number of carbonyl (C=O) groups excluding carboxylic acids is 2. The Kier molecular flexibility index (Phi) is 4.95. The Balaban J connectivity index is 1.86. The maximum absolute atomic E-state index is 12.8. The summed E-state index contributed by atoms with van der Waals surface area (Å²) in [5.74, 6) is 0.399. The Morgan fingerprint density at radius 1 is 1.20 bits per heavy atom. The van der Waals surface area contributed by atoms with E-state index >= 15 is 0 Å². The van der Waals surface area contributed by atoms with E-state index in [1.54, 1.807) is 48.7 Å². The van der Waals surface area contributed by atoms with E-state index in [0.29, 0.717) is 29.1 Å². The zero-order valence-corrected chi connectivity index (χ0v) is 14.1. The van der Waals surface area contributed by atoms with E-state index in [1.807, 2.05) is 13.0 Å². The number of anilines is 1. The molecule has 1 heterocycles. The lowest BCUT2D eigenvalue weighted by Gasteiger charge is -2.27. The lowest BCUT2D eigenvalue weighted by Crippen LogP contribution is -2.33. The molecule has 0 unspecified atom stereocenters. The van der Waals surface area contributed by atoms with Crippen LogP contribution >= 0.6 is 0 Å². The van der Waals surface area contributed by atoms with Gasteiger partial charge in [0.1, 0.15) is 5.75 Å². The number of rotatable bonds is 5. The molecule has 2 aromatic carbocycles. The van der Waals surface area contributed by atoms with Gasteiger partial charge in [-0.1, -0.05) is 12.1 Å². The van der Waals surface area contributed by atoms with Crippen molar-refractivity contribution in [1.29, 1.82) is 0 Å². The van der Waals surface area contributed by atoms with Crippen LogP contribution in [0.2, 0.25) is 0 Å². The molecule has 0 saturated carbocycles. The molecule has 0 fully saturated rings. The predicted molar refractivity (Wildman–Crippen MR) is 95.0 cm³/mol. The van der Waals surface area contributed by atoms with Gasteiger partial charge in [-0.15, -0.1) is 0 Å². The number of benzene rings is 2. The smallest absolute Gasteiger partial charge is 0.232 e. The molecule has 1 aliphatic heterocycles. The highest BCUT2D eigenvalue weighted by atomic mass is 16.7. The Labute approximate surface area is 146 Å². The van der Waals surface area contributed by atoms with Crippen molar-refractivity contribution in [2.24, 2.45) is 0 Å². The molecule has 0 bridgehead atoms. The molecule has 3 rings (SSSR count). The first kappa shape index (κ1) is 16.9. The van der Waals surface area contributed by atoms with Crippen molar-refractivity contribution < 1.29 is 19.1 Å². The van der Waals surface area contributed by atoms with Gasteiger partial charge in [0.25, 0.3) is 0 Å². The Hall–Kier alpha value is -2.92. The van der Waals surface area contributed by atoms with Crippen LogP contribution in [0.4, 0.5) is 5.69 Å². The Morgan fingerprint density at radius 3 is 2.60 bits per heavy atom. The van der Waals surface area contributed by atoms with Gasteiger partial charge in [-0.3, -0.25) is 9.59 Å². The van der Waals surface area contributed by atoms with Crippen molar-refractivity contribution >= 4 is 17.3 Å². The molecule has 128 valence electrons. The van der Waals surface area contributed by atoms with Crippen molar-refractivity contribution in [1.82, 2.24) is 0 Å². The van der Waals surface area contributed by atoms with E-state index in [-0.39, 0.29) is 11.6 Å². The molecule has 25 heavy (non-hydrogen) atoms. The number of nitrogens with one attached hydrogen (secondary N) is 1. The van der Waals surface area contributed by atoms with Crippen molar-refractivity contribution in [3.63, 3.8) is 0 Å². The fourth-order valence-electron chi connectivity index (χ4n) is 2.57. The van der Waals surface area contributed by atoms with Gasteiger partial charge in [-0.25, -0.2) is 0 Å². The molecule has 0 amide bonds. The summed E-state index contributed by atoms with van der Waals surface area (Å²) in [7, 11) is 0. The number of fused-ring (bicyclic) bond motifs is 1. The van der Waals surface area contributed by atoms with Crippen LogP contribution in [0.25, 0.3) is 0 Å². The first-order chi connectivity index (χ1) is 12.1. The second kappa shape index (κ2) is 7.32. The number of carbonyl (C=O) groups is 2. The van der Waals surface area contributed by atoms with Gasteiger partial charge in [-0.05, 0) is 50.2 Å². The fourth-order valence-corrected chi connectivity index (χ4v) is 2.57. The highest BCUT2D eigenvalue weighted by Crippen LogP contribution is 2.31. The largest absolute Gasteiger partial charge is 0.460 e. The van der Waals surface area contributed by atoms with Gasteiger partial charge in [0.15, 0.2) is 11.6 Å². The van der Waals surface area contributed by atoms with Gasteiger partial charge >= 0.3 is 0 Å². The lowest BCUT2D eigenvalue weighted by molar-refractivity contribution is -0.0509. The van der Waals surface area contributed by atoms with Gasteiger partial charge < -0.3 is 14.8 Å². The van der Waals surface area contributed by atoms with E-state index in [4.69, 9.17) is 9.47 Å². The van der Waals surface area contributed by atoms with Crippen molar-refractivity contribution in [2.45, 2.75) is 20.1 Å². The first-order valence-electron chi connectivity index (χ1n) is 8.09. The summed E-state index contributed by atoms with van der Waals surface area (Å²) in [6, 6.07) is 14.1. The van der Waals surface area contributed by atoms with E-state index < -0.39 is 6.29 Å². The molecule has 5 nitrogen and oxygen atoms in total. The van der Waals surface area contributed by atoms with Crippen LogP contribution < -0.4 is 10.1 Å².